The van der Waals surface area contributed by atoms with Gasteiger partial charge in [0.25, 0.3) is 0 Å². The lowest BCUT2D eigenvalue weighted by Gasteiger charge is -2.15. The third-order valence-electron chi connectivity index (χ3n) is 3.17. The highest BCUT2D eigenvalue weighted by atomic mass is 16.3. The summed E-state index contributed by atoms with van der Waals surface area (Å²) in [6.07, 6.45) is 2.89. The largest absolute Gasteiger partial charge is 0.392 e. The van der Waals surface area contributed by atoms with E-state index in [0.717, 1.165) is 25.8 Å². The Kier molecular flexibility index (Phi) is 2.74. The molecule has 14 heavy (non-hydrogen) atoms. The molecule has 2 fully saturated rings. The van der Waals surface area contributed by atoms with Crippen LogP contribution in [0.1, 0.15) is 19.3 Å². The Morgan fingerprint density at radius 2 is 2.29 bits per heavy atom. The van der Waals surface area contributed by atoms with Gasteiger partial charge in [-0.05, 0) is 25.2 Å². The minimum Gasteiger partial charge on any atom is -0.392 e. The van der Waals surface area contributed by atoms with E-state index in [1.807, 2.05) is 7.05 Å². The Bertz CT molecular complexity index is 228. The second-order valence-corrected chi connectivity index (χ2v) is 4.41. The Labute approximate surface area is 84.3 Å². The zero-order chi connectivity index (χ0) is 10.1. The van der Waals surface area contributed by atoms with Gasteiger partial charge in [0.05, 0.1) is 12.1 Å². The normalized spacial score (nSPS) is 29.7. The molecule has 2 atom stereocenters. The van der Waals surface area contributed by atoms with Gasteiger partial charge >= 0.3 is 0 Å². The molecule has 1 amide bonds. The molecule has 2 aliphatic rings. The second-order valence-electron chi connectivity index (χ2n) is 4.41. The molecule has 2 N–H and O–H groups in total. The van der Waals surface area contributed by atoms with Crippen molar-refractivity contribution in [3.8, 4) is 0 Å². The molecule has 0 spiro atoms. The van der Waals surface area contributed by atoms with E-state index < -0.39 is 0 Å². The number of nitrogens with one attached hydrogen (secondary N) is 1. The molecule has 1 aliphatic heterocycles. The number of nitrogens with zero attached hydrogens (tertiary/aromatic N) is 1. The fraction of sp³-hybridized carbons (Fsp3) is 0.900. The number of hydrogen-bond acceptors (Lipinski definition) is 3. The highest BCUT2D eigenvalue weighted by Gasteiger charge is 2.32. The van der Waals surface area contributed by atoms with Gasteiger partial charge < -0.3 is 15.3 Å². The number of carbonyl (C=O) groups is 1. The van der Waals surface area contributed by atoms with E-state index in [1.165, 1.54) is 0 Å². The van der Waals surface area contributed by atoms with Crippen LogP contribution in [0.2, 0.25) is 0 Å². The van der Waals surface area contributed by atoms with E-state index in [-0.39, 0.29) is 18.1 Å². The minimum absolute atomic E-state index is 0.0617. The van der Waals surface area contributed by atoms with Crippen LogP contribution in [0.15, 0.2) is 0 Å². The van der Waals surface area contributed by atoms with Gasteiger partial charge in [-0.2, -0.15) is 0 Å². The first-order valence-corrected chi connectivity index (χ1v) is 5.35. The van der Waals surface area contributed by atoms with Crippen molar-refractivity contribution in [1.82, 2.24) is 10.2 Å². The lowest BCUT2D eigenvalue weighted by molar-refractivity contribution is -0.128. The van der Waals surface area contributed by atoms with Gasteiger partial charge in [0.2, 0.25) is 5.91 Å². The number of hydrogen-bond donors (Lipinski definition) is 2. The number of amides is 1. The van der Waals surface area contributed by atoms with E-state index in [0.29, 0.717) is 12.5 Å². The second kappa shape index (κ2) is 3.87. The molecule has 0 aromatic carbocycles. The van der Waals surface area contributed by atoms with Crippen molar-refractivity contribution in [2.45, 2.75) is 31.4 Å². The topological polar surface area (TPSA) is 52.6 Å². The molecule has 2 unspecified atom stereocenters. The Balaban J connectivity index is 1.72. The zero-order valence-corrected chi connectivity index (χ0v) is 8.57. The van der Waals surface area contributed by atoms with Crippen molar-refractivity contribution in [3.05, 3.63) is 0 Å². The highest BCUT2D eigenvalue weighted by Crippen LogP contribution is 2.32. The summed E-state index contributed by atoms with van der Waals surface area (Å²) in [7, 11) is 1.82. The summed E-state index contributed by atoms with van der Waals surface area (Å²) < 4.78 is 0. The molecule has 80 valence electrons. The van der Waals surface area contributed by atoms with E-state index in [2.05, 4.69) is 5.32 Å². The fourth-order valence-electron chi connectivity index (χ4n) is 1.92. The van der Waals surface area contributed by atoms with E-state index in [9.17, 15) is 9.90 Å². The lowest BCUT2D eigenvalue weighted by atomic mass is 10.2. The molecule has 0 aromatic rings. The lowest BCUT2D eigenvalue weighted by Crippen LogP contribution is -2.41. The van der Waals surface area contributed by atoms with Crippen LogP contribution in [0.3, 0.4) is 0 Å². The van der Waals surface area contributed by atoms with Crippen LogP contribution in [-0.2, 0) is 4.79 Å². The molecular formula is C10H18N2O2. The molecule has 0 radical (unpaired) electrons. The third-order valence-corrected chi connectivity index (χ3v) is 3.17. The predicted molar refractivity (Wildman–Crippen MR) is 52.8 cm³/mol. The van der Waals surface area contributed by atoms with Gasteiger partial charge in [-0.15, -0.1) is 0 Å². The van der Waals surface area contributed by atoms with Gasteiger partial charge in [-0.1, -0.05) is 0 Å². The first-order chi connectivity index (χ1) is 6.68. The summed E-state index contributed by atoms with van der Waals surface area (Å²) in [5.41, 5.74) is 0. The quantitative estimate of drug-likeness (QED) is 0.645. The number of likely N-dealkylation sites (tertiary alicyclic amines) is 1. The van der Waals surface area contributed by atoms with Gasteiger partial charge in [0, 0.05) is 20.1 Å². The number of aliphatic hydroxyl groups is 1. The maximum absolute atomic E-state index is 11.5. The van der Waals surface area contributed by atoms with Crippen LogP contribution < -0.4 is 5.32 Å². The minimum atomic E-state index is -0.256. The first-order valence-electron chi connectivity index (χ1n) is 5.35. The molecule has 1 saturated carbocycles. The maximum atomic E-state index is 11.5. The Morgan fingerprint density at radius 1 is 1.57 bits per heavy atom. The summed E-state index contributed by atoms with van der Waals surface area (Å²) >= 11 is 0. The summed E-state index contributed by atoms with van der Waals surface area (Å²) in [5, 5.41) is 12.8. The zero-order valence-electron chi connectivity index (χ0n) is 8.57. The molecule has 2 rings (SSSR count). The molecular weight excluding hydrogens is 180 g/mol. The molecule has 4 heteroatoms. The number of carbonyl (C=O) groups excluding carboxylic acids is 1. The van der Waals surface area contributed by atoms with Crippen LogP contribution in [0.5, 0.6) is 0 Å². The molecule has 1 heterocycles. The number of likely N-dealkylation sites (N-methyl/N-ethyl adjacent to an activating group) is 1. The monoisotopic (exact) mass is 198 g/mol. The number of rotatable bonds is 4. The summed E-state index contributed by atoms with van der Waals surface area (Å²) in [6, 6.07) is -0.0617. The van der Waals surface area contributed by atoms with Crippen LogP contribution in [-0.4, -0.2) is 48.2 Å². The van der Waals surface area contributed by atoms with E-state index >= 15 is 0 Å². The molecule has 1 aliphatic carbocycles. The van der Waals surface area contributed by atoms with Crippen molar-refractivity contribution in [2.24, 2.45) is 5.92 Å². The van der Waals surface area contributed by atoms with Crippen LogP contribution in [0, 0.1) is 5.92 Å². The Hall–Kier alpha value is -0.610. The van der Waals surface area contributed by atoms with Gasteiger partial charge in [0.1, 0.15) is 0 Å². The standard InChI is InChI=1S/C10H18N2O2/c1-12-5-4-8(10(12)14)11-6-9(13)7-2-3-7/h7-9,11,13H,2-6H2,1H3. The highest BCUT2D eigenvalue weighted by molar-refractivity contribution is 5.83. The smallest absolute Gasteiger partial charge is 0.239 e. The van der Waals surface area contributed by atoms with Crippen molar-refractivity contribution >= 4 is 5.91 Å². The predicted octanol–water partition coefficient (Wildman–Crippen LogP) is -0.422. The van der Waals surface area contributed by atoms with Crippen molar-refractivity contribution in [2.75, 3.05) is 20.1 Å². The van der Waals surface area contributed by atoms with Crippen LogP contribution in [0.4, 0.5) is 0 Å². The summed E-state index contributed by atoms with van der Waals surface area (Å²) in [4.78, 5) is 13.2. The fourth-order valence-corrected chi connectivity index (χ4v) is 1.92. The average Bonchev–Trinajstić information content (AvgIpc) is 2.95. The van der Waals surface area contributed by atoms with Gasteiger partial charge in [0.15, 0.2) is 0 Å². The average molecular weight is 198 g/mol. The van der Waals surface area contributed by atoms with Crippen molar-refractivity contribution in [3.63, 3.8) is 0 Å². The van der Waals surface area contributed by atoms with E-state index in [4.69, 9.17) is 0 Å². The van der Waals surface area contributed by atoms with Gasteiger partial charge in [-0.25, -0.2) is 0 Å². The van der Waals surface area contributed by atoms with Crippen LogP contribution >= 0.6 is 0 Å². The first kappa shape index (κ1) is 9.93. The maximum Gasteiger partial charge on any atom is 0.239 e. The van der Waals surface area contributed by atoms with Crippen LogP contribution in [0.25, 0.3) is 0 Å². The SMILES string of the molecule is CN1CCC(NCC(O)C2CC2)C1=O. The number of aliphatic hydroxyl groups excluding tert-OH is 1. The summed E-state index contributed by atoms with van der Waals surface area (Å²) in [6.45, 7) is 1.39. The molecule has 0 aromatic heterocycles. The van der Waals surface area contributed by atoms with E-state index in [1.54, 1.807) is 4.90 Å². The third kappa shape index (κ3) is 2.07. The Morgan fingerprint density at radius 3 is 2.79 bits per heavy atom. The van der Waals surface area contributed by atoms with Crippen molar-refractivity contribution < 1.29 is 9.90 Å². The van der Waals surface area contributed by atoms with Crippen molar-refractivity contribution in [1.29, 1.82) is 0 Å². The summed E-state index contributed by atoms with van der Waals surface area (Å²) in [5.74, 6) is 0.643. The molecule has 4 nitrogen and oxygen atoms in total. The molecule has 1 saturated heterocycles. The van der Waals surface area contributed by atoms with Gasteiger partial charge in [-0.3, -0.25) is 4.79 Å². The molecule has 0 bridgehead atoms.